The number of carboxylic acid groups (broad SMARTS) is 1. The molecule has 0 bridgehead atoms. The third-order valence-electron chi connectivity index (χ3n) is 2.35. The number of thioether (sulfide) groups is 1. The number of rotatable bonds is 8. The van der Waals surface area contributed by atoms with Crippen LogP contribution in [0.5, 0.6) is 0 Å². The molecule has 4 heteroatoms. The van der Waals surface area contributed by atoms with E-state index in [1.54, 1.807) is 13.8 Å². The molecule has 0 spiro atoms. The minimum atomic E-state index is -0.694. The van der Waals surface area contributed by atoms with E-state index >= 15 is 0 Å². The van der Waals surface area contributed by atoms with Gasteiger partial charge in [-0.3, -0.25) is 4.79 Å². The first kappa shape index (κ1) is 14.8. The summed E-state index contributed by atoms with van der Waals surface area (Å²) in [7, 11) is 4.13. The number of hydrogen-bond donors (Lipinski definition) is 1. The molecule has 15 heavy (non-hydrogen) atoms. The Hall–Kier alpha value is -0.220. The Morgan fingerprint density at radius 1 is 1.33 bits per heavy atom. The van der Waals surface area contributed by atoms with E-state index in [4.69, 9.17) is 5.11 Å². The van der Waals surface area contributed by atoms with Crippen LogP contribution in [-0.4, -0.2) is 48.1 Å². The quantitative estimate of drug-likeness (QED) is 0.652. The van der Waals surface area contributed by atoms with Gasteiger partial charge < -0.3 is 10.0 Å². The molecule has 0 aromatic carbocycles. The molecule has 0 heterocycles. The second-order valence-corrected chi connectivity index (χ2v) is 5.93. The molecule has 3 nitrogen and oxygen atoms in total. The second kappa shape index (κ2) is 7.12. The van der Waals surface area contributed by atoms with Crippen LogP contribution >= 0.6 is 11.8 Å². The molecule has 0 aromatic heterocycles. The van der Waals surface area contributed by atoms with Crippen LogP contribution in [-0.2, 0) is 4.79 Å². The van der Waals surface area contributed by atoms with Crippen molar-refractivity contribution in [3.05, 3.63) is 0 Å². The third kappa shape index (κ3) is 7.68. The summed E-state index contributed by atoms with van der Waals surface area (Å²) in [5.41, 5.74) is -0.567. The molecule has 90 valence electrons. The number of aliphatic carboxylic acids is 1. The lowest BCUT2D eigenvalue weighted by atomic mass is 9.88. The van der Waals surface area contributed by atoms with Gasteiger partial charge in [-0.05, 0) is 46.5 Å². The minimum Gasteiger partial charge on any atom is -0.481 e. The van der Waals surface area contributed by atoms with Crippen molar-refractivity contribution in [1.82, 2.24) is 4.90 Å². The van der Waals surface area contributed by atoms with Crippen LogP contribution in [0.1, 0.15) is 26.7 Å². The van der Waals surface area contributed by atoms with Gasteiger partial charge in [0, 0.05) is 12.3 Å². The van der Waals surface area contributed by atoms with Crippen molar-refractivity contribution >= 4 is 17.7 Å². The molecular weight excluding hydrogens is 210 g/mol. The molecule has 0 unspecified atom stereocenters. The van der Waals surface area contributed by atoms with Crippen LogP contribution in [0.3, 0.4) is 0 Å². The summed E-state index contributed by atoms with van der Waals surface area (Å²) in [5, 5.41) is 8.90. The van der Waals surface area contributed by atoms with Gasteiger partial charge in [0.2, 0.25) is 0 Å². The Kier molecular flexibility index (Phi) is 7.02. The molecule has 0 aliphatic carbocycles. The summed E-state index contributed by atoms with van der Waals surface area (Å²) in [6.07, 6.45) is 1.74. The average molecular weight is 233 g/mol. The Bertz CT molecular complexity index is 193. The lowest BCUT2D eigenvalue weighted by molar-refractivity contribution is -0.147. The van der Waals surface area contributed by atoms with E-state index in [0.717, 1.165) is 30.9 Å². The number of nitrogens with zero attached hydrogens (tertiary/aromatic N) is 1. The first-order valence-electron chi connectivity index (χ1n) is 5.32. The fourth-order valence-electron chi connectivity index (χ4n) is 1.07. The highest BCUT2D eigenvalue weighted by Gasteiger charge is 2.25. The predicted molar refractivity (Wildman–Crippen MR) is 66.5 cm³/mol. The summed E-state index contributed by atoms with van der Waals surface area (Å²) in [6, 6.07) is 0. The lowest BCUT2D eigenvalue weighted by Gasteiger charge is -2.18. The summed E-state index contributed by atoms with van der Waals surface area (Å²) in [6.45, 7) is 4.67. The molecule has 0 aromatic rings. The molecule has 0 fully saturated rings. The smallest absolute Gasteiger partial charge is 0.309 e. The highest BCUT2D eigenvalue weighted by atomic mass is 32.2. The third-order valence-corrected chi connectivity index (χ3v) is 3.40. The Labute approximate surface area is 97.2 Å². The first-order chi connectivity index (χ1) is 6.86. The standard InChI is InChI=1S/C11H23NO2S/c1-11(2,10(13)14)6-5-8-15-9-7-12(3)4/h5-9H2,1-4H3,(H,13,14). The zero-order valence-electron chi connectivity index (χ0n) is 10.2. The highest BCUT2D eigenvalue weighted by Crippen LogP contribution is 2.23. The minimum absolute atomic E-state index is 0.567. The SMILES string of the molecule is CN(C)CCSCCCC(C)(C)C(=O)O. The number of hydrogen-bond acceptors (Lipinski definition) is 3. The maximum Gasteiger partial charge on any atom is 0.309 e. The molecule has 0 aliphatic heterocycles. The summed E-state index contributed by atoms with van der Waals surface area (Å²) >= 11 is 1.90. The van der Waals surface area contributed by atoms with Gasteiger partial charge in [-0.2, -0.15) is 11.8 Å². The number of carboxylic acids is 1. The zero-order valence-corrected chi connectivity index (χ0v) is 11.1. The van der Waals surface area contributed by atoms with Gasteiger partial charge in [0.25, 0.3) is 0 Å². The summed E-state index contributed by atoms with van der Waals surface area (Å²) in [4.78, 5) is 13.0. The van der Waals surface area contributed by atoms with Crippen LogP contribution in [0.4, 0.5) is 0 Å². The fraction of sp³-hybridized carbons (Fsp3) is 0.909. The number of carbonyl (C=O) groups is 1. The molecule has 0 saturated carbocycles. The van der Waals surface area contributed by atoms with E-state index in [-0.39, 0.29) is 0 Å². The van der Waals surface area contributed by atoms with E-state index in [0.29, 0.717) is 0 Å². The molecular formula is C11H23NO2S. The van der Waals surface area contributed by atoms with Crippen molar-refractivity contribution in [1.29, 1.82) is 0 Å². The van der Waals surface area contributed by atoms with Crippen LogP contribution < -0.4 is 0 Å². The van der Waals surface area contributed by atoms with Gasteiger partial charge in [0.15, 0.2) is 0 Å². The van der Waals surface area contributed by atoms with Crippen LogP contribution in [0.2, 0.25) is 0 Å². The van der Waals surface area contributed by atoms with E-state index in [1.165, 1.54) is 0 Å². The van der Waals surface area contributed by atoms with Crippen molar-refractivity contribution in [3.8, 4) is 0 Å². The van der Waals surface area contributed by atoms with Crippen LogP contribution in [0, 0.1) is 5.41 Å². The van der Waals surface area contributed by atoms with Crippen molar-refractivity contribution < 1.29 is 9.90 Å². The summed E-state index contributed by atoms with van der Waals surface area (Å²) in [5.74, 6) is 1.49. The van der Waals surface area contributed by atoms with E-state index in [2.05, 4.69) is 19.0 Å². The zero-order chi connectivity index (χ0) is 11.9. The molecule has 0 radical (unpaired) electrons. The largest absolute Gasteiger partial charge is 0.481 e. The lowest BCUT2D eigenvalue weighted by Crippen LogP contribution is -2.23. The van der Waals surface area contributed by atoms with Gasteiger partial charge in [-0.1, -0.05) is 0 Å². The Morgan fingerprint density at radius 3 is 2.40 bits per heavy atom. The Morgan fingerprint density at radius 2 is 1.93 bits per heavy atom. The molecule has 0 atom stereocenters. The topological polar surface area (TPSA) is 40.5 Å². The van der Waals surface area contributed by atoms with Crippen molar-refractivity contribution in [2.45, 2.75) is 26.7 Å². The molecule has 0 rings (SSSR count). The van der Waals surface area contributed by atoms with Crippen molar-refractivity contribution in [3.63, 3.8) is 0 Å². The van der Waals surface area contributed by atoms with E-state index in [9.17, 15) is 4.79 Å². The molecule has 0 saturated heterocycles. The van der Waals surface area contributed by atoms with Crippen molar-refractivity contribution in [2.75, 3.05) is 32.1 Å². The molecule has 0 aliphatic rings. The van der Waals surface area contributed by atoms with Crippen LogP contribution in [0.25, 0.3) is 0 Å². The monoisotopic (exact) mass is 233 g/mol. The van der Waals surface area contributed by atoms with Gasteiger partial charge in [-0.15, -0.1) is 0 Å². The molecule has 1 N–H and O–H groups in total. The van der Waals surface area contributed by atoms with Gasteiger partial charge in [0.1, 0.15) is 0 Å². The molecule has 0 amide bonds. The van der Waals surface area contributed by atoms with Gasteiger partial charge in [0.05, 0.1) is 5.41 Å². The average Bonchev–Trinajstić information content (AvgIpc) is 2.10. The highest BCUT2D eigenvalue weighted by molar-refractivity contribution is 7.99. The predicted octanol–water partition coefficient (Wildman–Crippen LogP) is 2.17. The summed E-state index contributed by atoms with van der Waals surface area (Å²) < 4.78 is 0. The van der Waals surface area contributed by atoms with Gasteiger partial charge in [-0.25, -0.2) is 0 Å². The second-order valence-electron chi connectivity index (χ2n) is 4.71. The van der Waals surface area contributed by atoms with E-state index < -0.39 is 11.4 Å². The maximum absolute atomic E-state index is 10.8. The first-order valence-corrected chi connectivity index (χ1v) is 6.47. The van der Waals surface area contributed by atoms with E-state index in [1.807, 2.05) is 11.8 Å². The van der Waals surface area contributed by atoms with Crippen LogP contribution in [0.15, 0.2) is 0 Å². The van der Waals surface area contributed by atoms with Crippen molar-refractivity contribution in [2.24, 2.45) is 5.41 Å². The maximum atomic E-state index is 10.8. The normalized spacial score (nSPS) is 12.1. The Balaban J connectivity index is 3.43. The van der Waals surface area contributed by atoms with Gasteiger partial charge >= 0.3 is 5.97 Å². The fourth-order valence-corrected chi connectivity index (χ4v) is 2.12.